The van der Waals surface area contributed by atoms with Crippen molar-refractivity contribution in [2.24, 2.45) is 11.7 Å². The smallest absolute Gasteiger partial charge is 0.123 e. The molecule has 0 bridgehead atoms. The number of halogens is 1. The Labute approximate surface area is 124 Å². The zero-order valence-electron chi connectivity index (χ0n) is 11.5. The Morgan fingerprint density at radius 3 is 2.74 bits per heavy atom. The minimum absolute atomic E-state index is 0.432. The summed E-state index contributed by atoms with van der Waals surface area (Å²) < 4.78 is 6.47. The lowest BCUT2D eigenvalue weighted by atomic mass is 9.86. The molecule has 1 aromatic carbocycles. The van der Waals surface area contributed by atoms with Gasteiger partial charge >= 0.3 is 0 Å². The SMILES string of the molecule is COc1ccc(Br)cc1CNCC1CCC(N)CC1. The van der Waals surface area contributed by atoms with Crippen LogP contribution in [0.1, 0.15) is 31.2 Å². The van der Waals surface area contributed by atoms with Gasteiger partial charge in [0, 0.05) is 22.6 Å². The molecule has 3 N–H and O–H groups in total. The minimum atomic E-state index is 0.432. The second-order valence-electron chi connectivity index (χ2n) is 5.37. The first-order valence-corrected chi connectivity index (χ1v) is 7.77. The third-order valence-electron chi connectivity index (χ3n) is 3.88. The summed E-state index contributed by atoms with van der Waals surface area (Å²) in [5.41, 5.74) is 7.13. The average Bonchev–Trinajstić information content (AvgIpc) is 2.41. The van der Waals surface area contributed by atoms with E-state index >= 15 is 0 Å². The Morgan fingerprint density at radius 1 is 1.32 bits per heavy atom. The van der Waals surface area contributed by atoms with Crippen molar-refractivity contribution in [3.05, 3.63) is 28.2 Å². The molecule has 1 aliphatic carbocycles. The molecule has 0 saturated heterocycles. The summed E-state index contributed by atoms with van der Waals surface area (Å²) in [6.07, 6.45) is 4.85. The number of methoxy groups -OCH3 is 1. The molecule has 19 heavy (non-hydrogen) atoms. The molecule has 0 atom stereocenters. The van der Waals surface area contributed by atoms with Gasteiger partial charge in [0.25, 0.3) is 0 Å². The van der Waals surface area contributed by atoms with Crippen LogP contribution in [0.3, 0.4) is 0 Å². The molecule has 0 heterocycles. The monoisotopic (exact) mass is 326 g/mol. The van der Waals surface area contributed by atoms with Gasteiger partial charge in [-0.2, -0.15) is 0 Å². The van der Waals surface area contributed by atoms with Gasteiger partial charge in [0.05, 0.1) is 7.11 Å². The summed E-state index contributed by atoms with van der Waals surface area (Å²) in [6.45, 7) is 1.92. The molecule has 3 nitrogen and oxygen atoms in total. The quantitative estimate of drug-likeness (QED) is 0.874. The maximum atomic E-state index is 5.93. The predicted octanol–water partition coefficient (Wildman–Crippen LogP) is 3.06. The predicted molar refractivity (Wildman–Crippen MR) is 82.3 cm³/mol. The molecule has 0 spiro atoms. The molecule has 1 aliphatic rings. The Hall–Kier alpha value is -0.580. The minimum Gasteiger partial charge on any atom is -0.496 e. The van der Waals surface area contributed by atoms with Crippen LogP contribution in [0, 0.1) is 5.92 Å². The summed E-state index contributed by atoms with van der Waals surface area (Å²) in [7, 11) is 1.72. The highest BCUT2D eigenvalue weighted by molar-refractivity contribution is 9.10. The van der Waals surface area contributed by atoms with E-state index in [2.05, 4.69) is 27.3 Å². The Balaban J connectivity index is 1.80. The summed E-state index contributed by atoms with van der Waals surface area (Å²) in [5.74, 6) is 1.72. The fourth-order valence-corrected chi connectivity index (χ4v) is 3.10. The van der Waals surface area contributed by atoms with Crippen molar-refractivity contribution in [3.63, 3.8) is 0 Å². The van der Waals surface area contributed by atoms with Crippen molar-refractivity contribution in [2.75, 3.05) is 13.7 Å². The normalized spacial score (nSPS) is 23.3. The van der Waals surface area contributed by atoms with Gasteiger partial charge in [-0.05, 0) is 56.3 Å². The first-order chi connectivity index (χ1) is 9.19. The van der Waals surface area contributed by atoms with Gasteiger partial charge in [-0.15, -0.1) is 0 Å². The number of benzene rings is 1. The molecule has 0 radical (unpaired) electrons. The summed E-state index contributed by atoms with van der Waals surface area (Å²) >= 11 is 3.50. The highest BCUT2D eigenvalue weighted by Crippen LogP contribution is 2.24. The van der Waals surface area contributed by atoms with Gasteiger partial charge in [-0.1, -0.05) is 15.9 Å². The molecule has 0 amide bonds. The Morgan fingerprint density at radius 2 is 2.05 bits per heavy atom. The Bertz CT molecular complexity index is 403. The number of nitrogens with one attached hydrogen (secondary N) is 1. The van der Waals surface area contributed by atoms with E-state index < -0.39 is 0 Å². The molecule has 0 aliphatic heterocycles. The largest absolute Gasteiger partial charge is 0.496 e. The van der Waals surface area contributed by atoms with E-state index in [1.54, 1.807) is 7.11 Å². The lowest BCUT2D eigenvalue weighted by molar-refractivity contribution is 0.313. The Kier molecular flexibility index (Phi) is 5.67. The fraction of sp³-hybridized carbons (Fsp3) is 0.600. The average molecular weight is 327 g/mol. The molecule has 2 rings (SSSR count). The van der Waals surface area contributed by atoms with E-state index in [0.29, 0.717) is 6.04 Å². The fourth-order valence-electron chi connectivity index (χ4n) is 2.69. The van der Waals surface area contributed by atoms with E-state index in [1.807, 2.05) is 12.1 Å². The third kappa shape index (κ3) is 4.48. The van der Waals surface area contributed by atoms with Crippen LogP contribution in [-0.2, 0) is 6.54 Å². The van der Waals surface area contributed by atoms with Crippen molar-refractivity contribution in [1.82, 2.24) is 5.32 Å². The number of hydrogen-bond donors (Lipinski definition) is 2. The van der Waals surface area contributed by atoms with Crippen LogP contribution in [0.2, 0.25) is 0 Å². The lowest BCUT2D eigenvalue weighted by Gasteiger charge is -2.26. The van der Waals surface area contributed by atoms with Gasteiger partial charge in [0.15, 0.2) is 0 Å². The maximum absolute atomic E-state index is 5.93. The molecule has 1 aromatic rings. The van der Waals surface area contributed by atoms with Crippen molar-refractivity contribution in [3.8, 4) is 5.75 Å². The topological polar surface area (TPSA) is 47.3 Å². The first kappa shape index (κ1) is 14.8. The molecule has 106 valence electrons. The van der Waals surface area contributed by atoms with Crippen molar-refractivity contribution in [2.45, 2.75) is 38.3 Å². The standard InChI is InChI=1S/C15H23BrN2O/c1-19-15-7-4-13(16)8-12(15)10-18-9-11-2-5-14(17)6-3-11/h4,7-8,11,14,18H,2-3,5-6,9-10,17H2,1H3. The zero-order chi connectivity index (χ0) is 13.7. The summed E-state index contributed by atoms with van der Waals surface area (Å²) in [6, 6.07) is 6.55. The van der Waals surface area contributed by atoms with Gasteiger partial charge < -0.3 is 15.8 Å². The van der Waals surface area contributed by atoms with Crippen LogP contribution in [0.4, 0.5) is 0 Å². The van der Waals surface area contributed by atoms with Crippen LogP contribution in [-0.4, -0.2) is 19.7 Å². The van der Waals surface area contributed by atoms with E-state index in [0.717, 1.165) is 29.2 Å². The van der Waals surface area contributed by atoms with Crippen molar-refractivity contribution < 1.29 is 4.74 Å². The van der Waals surface area contributed by atoms with Crippen LogP contribution in [0.25, 0.3) is 0 Å². The second-order valence-corrected chi connectivity index (χ2v) is 6.28. The lowest BCUT2D eigenvalue weighted by Crippen LogP contribution is -2.31. The summed E-state index contributed by atoms with van der Waals surface area (Å²) in [5, 5.41) is 3.55. The number of ether oxygens (including phenoxy) is 1. The molecule has 4 heteroatoms. The molecule has 1 saturated carbocycles. The van der Waals surface area contributed by atoms with Gasteiger partial charge in [-0.25, -0.2) is 0 Å². The number of hydrogen-bond acceptors (Lipinski definition) is 3. The highest BCUT2D eigenvalue weighted by atomic mass is 79.9. The number of nitrogens with two attached hydrogens (primary N) is 1. The third-order valence-corrected chi connectivity index (χ3v) is 4.38. The first-order valence-electron chi connectivity index (χ1n) is 6.97. The van der Waals surface area contributed by atoms with E-state index in [9.17, 15) is 0 Å². The van der Waals surface area contributed by atoms with E-state index in [4.69, 9.17) is 10.5 Å². The number of rotatable bonds is 5. The van der Waals surface area contributed by atoms with E-state index in [1.165, 1.54) is 31.2 Å². The van der Waals surface area contributed by atoms with Crippen molar-refractivity contribution >= 4 is 15.9 Å². The van der Waals surface area contributed by atoms with Crippen LogP contribution in [0.15, 0.2) is 22.7 Å². The molecular weight excluding hydrogens is 304 g/mol. The van der Waals surface area contributed by atoms with Crippen LogP contribution >= 0.6 is 15.9 Å². The van der Waals surface area contributed by atoms with Crippen LogP contribution < -0.4 is 15.8 Å². The van der Waals surface area contributed by atoms with Gasteiger partial charge in [0.2, 0.25) is 0 Å². The molecule has 0 unspecified atom stereocenters. The highest BCUT2D eigenvalue weighted by Gasteiger charge is 2.18. The zero-order valence-corrected chi connectivity index (χ0v) is 13.1. The molecular formula is C15H23BrN2O. The second kappa shape index (κ2) is 7.27. The summed E-state index contributed by atoms with van der Waals surface area (Å²) in [4.78, 5) is 0. The van der Waals surface area contributed by atoms with Crippen LogP contribution in [0.5, 0.6) is 5.75 Å². The maximum Gasteiger partial charge on any atom is 0.123 e. The molecule has 1 fully saturated rings. The van der Waals surface area contributed by atoms with Gasteiger partial charge in [0.1, 0.15) is 5.75 Å². The van der Waals surface area contributed by atoms with Gasteiger partial charge in [-0.3, -0.25) is 0 Å². The van der Waals surface area contributed by atoms with Crippen molar-refractivity contribution in [1.29, 1.82) is 0 Å². The molecule has 0 aromatic heterocycles. The van der Waals surface area contributed by atoms with E-state index in [-0.39, 0.29) is 0 Å².